The molecule has 0 bridgehead atoms. The lowest BCUT2D eigenvalue weighted by Gasteiger charge is -2.37. The molecule has 2 rings (SSSR count). The zero-order chi connectivity index (χ0) is 14.5. The first-order valence-corrected chi connectivity index (χ1v) is 7.93. The van der Waals surface area contributed by atoms with Gasteiger partial charge in [-0.25, -0.2) is 0 Å². The SMILES string of the molecule is CCCN(C(=O)C1CCCN1C(C)=O)C1CCNCC1. The minimum Gasteiger partial charge on any atom is -0.338 e. The molecule has 1 unspecified atom stereocenters. The maximum Gasteiger partial charge on any atom is 0.245 e. The van der Waals surface area contributed by atoms with Crippen LogP contribution < -0.4 is 5.32 Å². The van der Waals surface area contributed by atoms with Gasteiger partial charge >= 0.3 is 0 Å². The summed E-state index contributed by atoms with van der Waals surface area (Å²) in [6.45, 7) is 7.20. The Kier molecular flexibility index (Phi) is 5.40. The van der Waals surface area contributed by atoms with Gasteiger partial charge in [-0.3, -0.25) is 9.59 Å². The van der Waals surface area contributed by atoms with Gasteiger partial charge < -0.3 is 15.1 Å². The van der Waals surface area contributed by atoms with Crippen LogP contribution in [0.2, 0.25) is 0 Å². The summed E-state index contributed by atoms with van der Waals surface area (Å²) in [6.07, 6.45) is 4.80. The van der Waals surface area contributed by atoms with E-state index in [2.05, 4.69) is 12.2 Å². The Morgan fingerprint density at radius 1 is 1.25 bits per heavy atom. The van der Waals surface area contributed by atoms with Gasteiger partial charge in [-0.2, -0.15) is 0 Å². The summed E-state index contributed by atoms with van der Waals surface area (Å²) in [4.78, 5) is 28.3. The fourth-order valence-electron chi connectivity index (χ4n) is 3.42. The Labute approximate surface area is 121 Å². The molecule has 0 aliphatic carbocycles. The van der Waals surface area contributed by atoms with Crippen molar-refractivity contribution in [3.05, 3.63) is 0 Å². The van der Waals surface area contributed by atoms with Crippen molar-refractivity contribution in [2.45, 2.75) is 58.0 Å². The number of amides is 2. The zero-order valence-electron chi connectivity index (χ0n) is 12.7. The molecule has 0 spiro atoms. The van der Waals surface area contributed by atoms with Gasteiger partial charge in [0.05, 0.1) is 0 Å². The largest absolute Gasteiger partial charge is 0.338 e. The van der Waals surface area contributed by atoms with Crippen LogP contribution in [-0.4, -0.2) is 59.9 Å². The highest BCUT2D eigenvalue weighted by Gasteiger charge is 2.37. The number of carbonyl (C=O) groups excluding carboxylic acids is 2. The lowest BCUT2D eigenvalue weighted by molar-refractivity contribution is -0.144. The molecule has 0 aromatic rings. The zero-order valence-corrected chi connectivity index (χ0v) is 12.7. The van der Waals surface area contributed by atoms with Crippen LogP contribution in [0.3, 0.4) is 0 Å². The second kappa shape index (κ2) is 7.07. The lowest BCUT2D eigenvalue weighted by atomic mass is 10.0. The minimum atomic E-state index is -0.214. The summed E-state index contributed by atoms with van der Waals surface area (Å²) in [6, 6.07) is 0.132. The van der Waals surface area contributed by atoms with Gasteiger partial charge in [-0.15, -0.1) is 0 Å². The molecule has 2 fully saturated rings. The molecule has 2 amide bonds. The van der Waals surface area contributed by atoms with Crippen LogP contribution in [0.4, 0.5) is 0 Å². The number of piperidine rings is 1. The second-order valence-corrected chi connectivity index (χ2v) is 5.88. The summed E-state index contributed by atoms with van der Waals surface area (Å²) < 4.78 is 0. The molecular weight excluding hydrogens is 254 g/mol. The third-order valence-electron chi connectivity index (χ3n) is 4.44. The molecule has 0 saturated carbocycles. The second-order valence-electron chi connectivity index (χ2n) is 5.88. The molecule has 1 N–H and O–H groups in total. The summed E-state index contributed by atoms with van der Waals surface area (Å²) in [7, 11) is 0. The fourth-order valence-corrected chi connectivity index (χ4v) is 3.42. The highest BCUT2D eigenvalue weighted by Crippen LogP contribution is 2.22. The van der Waals surface area contributed by atoms with Crippen molar-refractivity contribution in [2.24, 2.45) is 0 Å². The van der Waals surface area contributed by atoms with Crippen molar-refractivity contribution in [2.75, 3.05) is 26.2 Å². The van der Waals surface area contributed by atoms with E-state index in [0.29, 0.717) is 6.04 Å². The number of likely N-dealkylation sites (tertiary alicyclic amines) is 1. The fraction of sp³-hybridized carbons (Fsp3) is 0.867. The highest BCUT2D eigenvalue weighted by molar-refractivity contribution is 5.87. The number of hydrogen-bond acceptors (Lipinski definition) is 3. The Hall–Kier alpha value is -1.10. The molecule has 2 saturated heterocycles. The molecule has 2 aliphatic heterocycles. The maximum absolute atomic E-state index is 12.9. The average molecular weight is 281 g/mol. The standard InChI is InChI=1S/C15H27N3O2/c1-3-10-18(13-6-8-16-9-7-13)15(20)14-5-4-11-17(14)12(2)19/h13-14,16H,3-11H2,1-2H3. The van der Waals surface area contributed by atoms with Crippen LogP contribution in [0.5, 0.6) is 0 Å². The van der Waals surface area contributed by atoms with Crippen molar-refractivity contribution < 1.29 is 9.59 Å². The molecule has 5 nitrogen and oxygen atoms in total. The van der Waals surface area contributed by atoms with Crippen molar-refractivity contribution in [3.63, 3.8) is 0 Å². The summed E-state index contributed by atoms with van der Waals surface area (Å²) >= 11 is 0. The first-order valence-electron chi connectivity index (χ1n) is 7.93. The molecule has 5 heteroatoms. The van der Waals surface area contributed by atoms with Crippen molar-refractivity contribution in [1.82, 2.24) is 15.1 Å². The molecule has 2 aliphatic rings. The van der Waals surface area contributed by atoms with E-state index in [1.807, 2.05) is 4.90 Å². The van der Waals surface area contributed by atoms with E-state index >= 15 is 0 Å². The number of hydrogen-bond donors (Lipinski definition) is 1. The van der Waals surface area contributed by atoms with Crippen LogP contribution in [-0.2, 0) is 9.59 Å². The van der Waals surface area contributed by atoms with Gasteiger partial charge in [0.15, 0.2) is 0 Å². The number of nitrogens with one attached hydrogen (secondary N) is 1. The summed E-state index contributed by atoms with van der Waals surface area (Å²) in [5.74, 6) is 0.203. The van der Waals surface area contributed by atoms with Gasteiger partial charge in [0.25, 0.3) is 0 Å². The number of carbonyl (C=O) groups is 2. The predicted molar refractivity (Wildman–Crippen MR) is 78.3 cm³/mol. The van der Waals surface area contributed by atoms with Gasteiger partial charge in [-0.05, 0) is 45.2 Å². The molecular formula is C15H27N3O2. The van der Waals surface area contributed by atoms with Gasteiger partial charge in [0, 0.05) is 26.1 Å². The predicted octanol–water partition coefficient (Wildman–Crippen LogP) is 0.988. The summed E-state index contributed by atoms with van der Waals surface area (Å²) in [5, 5.41) is 3.34. The lowest BCUT2D eigenvalue weighted by Crippen LogP contribution is -2.53. The van der Waals surface area contributed by atoms with Crippen molar-refractivity contribution >= 4 is 11.8 Å². The normalized spacial score (nSPS) is 23.9. The van der Waals surface area contributed by atoms with E-state index in [9.17, 15) is 9.59 Å². The topological polar surface area (TPSA) is 52.7 Å². The van der Waals surface area contributed by atoms with Gasteiger partial charge in [-0.1, -0.05) is 6.92 Å². The molecule has 0 aromatic carbocycles. The first kappa shape index (κ1) is 15.3. The van der Waals surface area contributed by atoms with Crippen LogP contribution >= 0.6 is 0 Å². The molecule has 1 atom stereocenters. The third kappa shape index (κ3) is 3.32. The number of rotatable bonds is 4. The summed E-state index contributed by atoms with van der Waals surface area (Å²) in [5.41, 5.74) is 0. The molecule has 114 valence electrons. The smallest absolute Gasteiger partial charge is 0.245 e. The van der Waals surface area contributed by atoms with E-state index in [1.54, 1.807) is 11.8 Å². The highest BCUT2D eigenvalue weighted by atomic mass is 16.2. The Morgan fingerprint density at radius 2 is 1.95 bits per heavy atom. The van der Waals surface area contributed by atoms with E-state index in [1.165, 1.54) is 0 Å². The van der Waals surface area contributed by atoms with Gasteiger partial charge in [0.1, 0.15) is 6.04 Å². The third-order valence-corrected chi connectivity index (χ3v) is 4.44. The maximum atomic E-state index is 12.9. The van der Waals surface area contributed by atoms with E-state index in [-0.39, 0.29) is 17.9 Å². The van der Waals surface area contributed by atoms with E-state index in [0.717, 1.165) is 58.3 Å². The monoisotopic (exact) mass is 281 g/mol. The minimum absolute atomic E-state index is 0.0302. The first-order chi connectivity index (χ1) is 9.65. The van der Waals surface area contributed by atoms with Crippen LogP contribution in [0.15, 0.2) is 0 Å². The Morgan fingerprint density at radius 3 is 2.55 bits per heavy atom. The van der Waals surface area contributed by atoms with Crippen LogP contribution in [0.1, 0.15) is 46.0 Å². The number of nitrogens with zero attached hydrogens (tertiary/aromatic N) is 2. The van der Waals surface area contributed by atoms with Crippen LogP contribution in [0.25, 0.3) is 0 Å². The van der Waals surface area contributed by atoms with Crippen LogP contribution in [0, 0.1) is 0 Å². The molecule has 0 aromatic heterocycles. The van der Waals surface area contributed by atoms with Gasteiger partial charge in [0.2, 0.25) is 11.8 Å². The van der Waals surface area contributed by atoms with E-state index in [4.69, 9.17) is 0 Å². The quantitative estimate of drug-likeness (QED) is 0.836. The van der Waals surface area contributed by atoms with Crippen molar-refractivity contribution in [3.8, 4) is 0 Å². The Bertz CT molecular complexity index is 353. The van der Waals surface area contributed by atoms with E-state index < -0.39 is 0 Å². The van der Waals surface area contributed by atoms with Crippen molar-refractivity contribution in [1.29, 1.82) is 0 Å². The molecule has 20 heavy (non-hydrogen) atoms. The Balaban J connectivity index is 2.07. The average Bonchev–Trinajstić information content (AvgIpc) is 2.94. The molecule has 0 radical (unpaired) electrons. The molecule has 2 heterocycles.